The van der Waals surface area contributed by atoms with Crippen molar-refractivity contribution in [2.45, 2.75) is 19.0 Å². The van der Waals surface area contributed by atoms with Gasteiger partial charge in [-0.2, -0.15) is 8.78 Å². The van der Waals surface area contributed by atoms with Crippen molar-refractivity contribution in [2.24, 2.45) is 0 Å². The fraction of sp³-hybridized carbons (Fsp3) is 0.400. The first-order chi connectivity index (χ1) is 7.84. The lowest BCUT2D eigenvalue weighted by Gasteiger charge is -2.16. The minimum absolute atomic E-state index is 0.254. The van der Waals surface area contributed by atoms with E-state index in [2.05, 4.69) is 20.7 Å². The van der Waals surface area contributed by atoms with Crippen LogP contribution in [0.15, 0.2) is 22.7 Å². The molecule has 0 amide bonds. The van der Waals surface area contributed by atoms with Gasteiger partial charge in [-0.3, -0.25) is 0 Å². The van der Waals surface area contributed by atoms with E-state index in [9.17, 15) is 17.6 Å². The van der Waals surface area contributed by atoms with Crippen molar-refractivity contribution in [3.63, 3.8) is 0 Å². The van der Waals surface area contributed by atoms with Gasteiger partial charge in [0.1, 0.15) is 6.61 Å². The zero-order chi connectivity index (χ0) is 13.1. The number of ether oxygens (including phenoxy) is 1. The van der Waals surface area contributed by atoms with Crippen molar-refractivity contribution in [1.29, 1.82) is 0 Å². The number of benzene rings is 1. The second-order valence-corrected chi connectivity index (χ2v) is 4.22. The highest BCUT2D eigenvalue weighted by molar-refractivity contribution is 9.10. The highest BCUT2D eigenvalue weighted by Gasteiger charge is 2.40. The molecule has 96 valence electrons. The Labute approximate surface area is 104 Å². The molecule has 17 heavy (non-hydrogen) atoms. The maximum absolute atomic E-state index is 12.5. The van der Waals surface area contributed by atoms with Gasteiger partial charge in [-0.25, -0.2) is 8.78 Å². The van der Waals surface area contributed by atoms with Crippen LogP contribution < -0.4 is 5.73 Å². The fourth-order valence-corrected chi connectivity index (χ4v) is 1.58. The largest absolute Gasteiger partial charge is 0.398 e. The van der Waals surface area contributed by atoms with Gasteiger partial charge in [0.25, 0.3) is 0 Å². The van der Waals surface area contributed by atoms with E-state index >= 15 is 0 Å². The van der Waals surface area contributed by atoms with Crippen LogP contribution in [0, 0.1) is 0 Å². The summed E-state index contributed by atoms with van der Waals surface area (Å²) in [4.78, 5) is 0. The fourth-order valence-electron chi connectivity index (χ4n) is 1.08. The number of nitrogen functional groups attached to an aromatic ring is 1. The number of anilines is 1. The molecule has 2 nitrogen and oxygen atoms in total. The molecule has 1 rings (SSSR count). The standard InChI is InChI=1S/C10H10BrF4NO/c11-7-2-1-3-8(16)6(7)4-17-5-10(14,15)9(12)13/h1-3,9H,4-5,16H2. The molecule has 0 bridgehead atoms. The van der Waals surface area contributed by atoms with E-state index in [1.807, 2.05) is 0 Å². The summed E-state index contributed by atoms with van der Waals surface area (Å²) in [5, 5.41) is 0. The first kappa shape index (κ1) is 14.2. The number of nitrogens with two attached hydrogens (primary N) is 1. The van der Waals surface area contributed by atoms with Crippen molar-refractivity contribution in [2.75, 3.05) is 12.3 Å². The summed E-state index contributed by atoms with van der Waals surface area (Å²) in [6.07, 6.45) is -3.74. The maximum atomic E-state index is 12.5. The summed E-state index contributed by atoms with van der Waals surface area (Å²) in [5.74, 6) is -4.14. The zero-order valence-corrected chi connectivity index (χ0v) is 10.2. The first-order valence-electron chi connectivity index (χ1n) is 4.61. The molecule has 0 atom stereocenters. The topological polar surface area (TPSA) is 35.2 Å². The second-order valence-electron chi connectivity index (χ2n) is 3.36. The number of hydrogen-bond donors (Lipinski definition) is 1. The van der Waals surface area contributed by atoms with E-state index in [0.717, 1.165) is 0 Å². The molecule has 0 aliphatic rings. The first-order valence-corrected chi connectivity index (χ1v) is 5.40. The molecule has 0 fully saturated rings. The zero-order valence-electron chi connectivity index (χ0n) is 8.60. The van der Waals surface area contributed by atoms with Gasteiger partial charge in [-0.1, -0.05) is 22.0 Å². The number of alkyl halides is 4. The Hall–Kier alpha value is -0.820. The molecule has 0 unspecified atom stereocenters. The summed E-state index contributed by atoms with van der Waals surface area (Å²) < 4.78 is 53.9. The lowest BCUT2D eigenvalue weighted by molar-refractivity contribution is -0.168. The smallest absolute Gasteiger partial charge is 0.330 e. The molecule has 0 heterocycles. The quantitative estimate of drug-likeness (QED) is 0.667. The summed E-state index contributed by atoms with van der Waals surface area (Å²) >= 11 is 3.16. The van der Waals surface area contributed by atoms with Crippen LogP contribution in [0.5, 0.6) is 0 Å². The average molecular weight is 316 g/mol. The molecule has 1 aromatic carbocycles. The van der Waals surface area contributed by atoms with Gasteiger partial charge < -0.3 is 10.5 Å². The van der Waals surface area contributed by atoms with Crippen molar-refractivity contribution in [3.8, 4) is 0 Å². The Kier molecular flexibility index (Phi) is 4.76. The normalized spacial score (nSPS) is 12.1. The Morgan fingerprint density at radius 2 is 2.00 bits per heavy atom. The summed E-state index contributed by atoms with van der Waals surface area (Å²) in [6.45, 7) is -1.60. The van der Waals surface area contributed by atoms with Crippen molar-refractivity contribution < 1.29 is 22.3 Å². The Morgan fingerprint density at radius 1 is 1.35 bits per heavy atom. The van der Waals surface area contributed by atoms with E-state index in [1.165, 1.54) is 0 Å². The van der Waals surface area contributed by atoms with Crippen LogP contribution in [-0.2, 0) is 11.3 Å². The molecule has 0 aromatic heterocycles. The molecule has 0 aliphatic heterocycles. The Bertz CT molecular complexity index is 366. The minimum Gasteiger partial charge on any atom is -0.398 e. The highest BCUT2D eigenvalue weighted by Crippen LogP contribution is 2.26. The Morgan fingerprint density at radius 3 is 2.53 bits per heavy atom. The maximum Gasteiger partial charge on any atom is 0.330 e. The molecular formula is C10H10BrF4NO. The Balaban J connectivity index is 2.57. The van der Waals surface area contributed by atoms with Crippen molar-refractivity contribution in [1.82, 2.24) is 0 Å². The van der Waals surface area contributed by atoms with Crippen molar-refractivity contribution in [3.05, 3.63) is 28.2 Å². The molecule has 7 heteroatoms. The lowest BCUT2D eigenvalue weighted by Crippen LogP contribution is -2.32. The summed E-state index contributed by atoms with van der Waals surface area (Å²) in [7, 11) is 0. The predicted molar refractivity (Wildman–Crippen MR) is 59.2 cm³/mol. The van der Waals surface area contributed by atoms with E-state index in [0.29, 0.717) is 15.7 Å². The number of rotatable bonds is 5. The molecule has 2 N–H and O–H groups in total. The SMILES string of the molecule is Nc1cccc(Br)c1COCC(F)(F)C(F)F. The van der Waals surface area contributed by atoms with Gasteiger partial charge >= 0.3 is 12.3 Å². The molecule has 0 saturated carbocycles. The van der Waals surface area contributed by atoms with Crippen molar-refractivity contribution >= 4 is 21.6 Å². The van der Waals surface area contributed by atoms with Crippen LogP contribution >= 0.6 is 15.9 Å². The lowest BCUT2D eigenvalue weighted by atomic mass is 10.2. The summed E-state index contributed by atoms with van der Waals surface area (Å²) in [5.41, 5.74) is 6.39. The highest BCUT2D eigenvalue weighted by atomic mass is 79.9. The van der Waals surface area contributed by atoms with Gasteiger partial charge in [-0.15, -0.1) is 0 Å². The number of halogens is 5. The molecule has 0 radical (unpaired) electrons. The van der Waals surface area contributed by atoms with Crippen LogP contribution in [0.3, 0.4) is 0 Å². The van der Waals surface area contributed by atoms with E-state index < -0.39 is 19.0 Å². The molecule has 0 aliphatic carbocycles. The predicted octanol–water partition coefficient (Wildman–Crippen LogP) is 3.45. The van der Waals surface area contributed by atoms with Gasteiger partial charge in [0.05, 0.1) is 6.61 Å². The van der Waals surface area contributed by atoms with E-state index in [-0.39, 0.29) is 6.61 Å². The molecule has 0 saturated heterocycles. The number of hydrogen-bond acceptors (Lipinski definition) is 2. The minimum atomic E-state index is -4.14. The van der Waals surface area contributed by atoms with Gasteiger partial charge in [-0.05, 0) is 12.1 Å². The molecule has 0 spiro atoms. The van der Waals surface area contributed by atoms with Gasteiger partial charge in [0, 0.05) is 15.7 Å². The average Bonchev–Trinajstić information content (AvgIpc) is 2.22. The van der Waals surface area contributed by atoms with Crippen LogP contribution in [0.25, 0.3) is 0 Å². The molecular weight excluding hydrogens is 306 g/mol. The van der Waals surface area contributed by atoms with Gasteiger partial charge in [0.15, 0.2) is 0 Å². The van der Waals surface area contributed by atoms with E-state index in [1.54, 1.807) is 18.2 Å². The van der Waals surface area contributed by atoms with Gasteiger partial charge in [0.2, 0.25) is 0 Å². The third-order valence-electron chi connectivity index (χ3n) is 2.02. The van der Waals surface area contributed by atoms with Crippen LogP contribution in [0.4, 0.5) is 23.2 Å². The monoisotopic (exact) mass is 315 g/mol. The third-order valence-corrected chi connectivity index (χ3v) is 2.76. The van der Waals surface area contributed by atoms with E-state index in [4.69, 9.17) is 5.73 Å². The third kappa shape index (κ3) is 3.85. The second kappa shape index (κ2) is 5.68. The summed E-state index contributed by atoms with van der Waals surface area (Å²) in [6, 6.07) is 4.88. The molecule has 1 aromatic rings. The van der Waals surface area contributed by atoms with Crippen LogP contribution in [0.2, 0.25) is 0 Å². The van der Waals surface area contributed by atoms with Crippen LogP contribution in [-0.4, -0.2) is 19.0 Å². The van der Waals surface area contributed by atoms with Crippen LogP contribution in [0.1, 0.15) is 5.56 Å².